The van der Waals surface area contributed by atoms with Gasteiger partial charge in [0.15, 0.2) is 0 Å². The van der Waals surface area contributed by atoms with Gasteiger partial charge in [-0.05, 0) is 53.0 Å². The first-order valence-electron chi connectivity index (χ1n) is 8.05. The number of rotatable bonds is 4. The number of aryl methyl sites for hydroxylation is 1. The van der Waals surface area contributed by atoms with Crippen LogP contribution in [0, 0.1) is 6.92 Å². The number of alkyl carbamates (subject to hydrolysis) is 1. The predicted octanol–water partition coefficient (Wildman–Crippen LogP) is 3.70. The maximum Gasteiger partial charge on any atom is 0.407 e. The van der Waals surface area contributed by atoms with E-state index in [0.29, 0.717) is 12.1 Å². The van der Waals surface area contributed by atoms with Gasteiger partial charge in [-0.2, -0.15) is 0 Å². The second-order valence-electron chi connectivity index (χ2n) is 7.31. The molecule has 0 aromatic heterocycles. The van der Waals surface area contributed by atoms with Crippen LogP contribution in [-0.4, -0.2) is 23.8 Å². The molecule has 1 atom stereocenters. The first-order valence-corrected chi connectivity index (χ1v) is 8.05. The standard InChI is InChI=1S/C18H28N2O2/c1-12-6-8-14(9-7-12)13(2)19-15-10-16(11-15)20-17(21)22-18(3,4)5/h6-9,13,15-16,19H,10-11H2,1-5H3,(H,20,21). The van der Waals surface area contributed by atoms with Crippen molar-refractivity contribution in [1.29, 1.82) is 0 Å². The summed E-state index contributed by atoms with van der Waals surface area (Å²) in [5.41, 5.74) is 2.14. The minimum absolute atomic E-state index is 0.220. The lowest BCUT2D eigenvalue weighted by molar-refractivity contribution is 0.0463. The molecule has 22 heavy (non-hydrogen) atoms. The smallest absolute Gasteiger partial charge is 0.407 e. The van der Waals surface area contributed by atoms with Crippen molar-refractivity contribution in [3.05, 3.63) is 35.4 Å². The lowest BCUT2D eigenvalue weighted by atomic mass is 9.86. The summed E-state index contributed by atoms with van der Waals surface area (Å²) < 4.78 is 5.27. The van der Waals surface area contributed by atoms with E-state index < -0.39 is 5.60 Å². The van der Waals surface area contributed by atoms with Crippen LogP contribution in [0.3, 0.4) is 0 Å². The van der Waals surface area contributed by atoms with Crippen LogP contribution in [0.1, 0.15) is 57.7 Å². The van der Waals surface area contributed by atoms with E-state index in [1.54, 1.807) is 0 Å². The molecule has 2 rings (SSSR count). The zero-order valence-corrected chi connectivity index (χ0v) is 14.3. The third-order valence-electron chi connectivity index (χ3n) is 3.92. The average molecular weight is 304 g/mol. The Kier molecular flexibility index (Phi) is 5.12. The fourth-order valence-corrected chi connectivity index (χ4v) is 2.65. The molecule has 1 aromatic carbocycles. The molecule has 1 aliphatic rings. The molecule has 1 unspecified atom stereocenters. The number of amides is 1. The highest BCUT2D eigenvalue weighted by molar-refractivity contribution is 5.68. The van der Waals surface area contributed by atoms with Gasteiger partial charge in [0.1, 0.15) is 5.60 Å². The molecule has 0 saturated heterocycles. The summed E-state index contributed by atoms with van der Waals surface area (Å²) in [5.74, 6) is 0. The summed E-state index contributed by atoms with van der Waals surface area (Å²) in [7, 11) is 0. The van der Waals surface area contributed by atoms with Crippen LogP contribution in [0.5, 0.6) is 0 Å². The molecule has 0 heterocycles. The van der Waals surface area contributed by atoms with Crippen molar-refractivity contribution in [2.75, 3.05) is 0 Å². The van der Waals surface area contributed by atoms with Crippen molar-refractivity contribution in [3.8, 4) is 0 Å². The van der Waals surface area contributed by atoms with Crippen molar-refractivity contribution in [3.63, 3.8) is 0 Å². The number of carbonyl (C=O) groups is 1. The van der Waals surface area contributed by atoms with Gasteiger partial charge in [0.2, 0.25) is 0 Å². The molecule has 0 bridgehead atoms. The highest BCUT2D eigenvalue weighted by Gasteiger charge is 2.32. The molecule has 4 nitrogen and oxygen atoms in total. The Bertz CT molecular complexity index is 499. The van der Waals surface area contributed by atoms with E-state index in [1.165, 1.54) is 11.1 Å². The summed E-state index contributed by atoms with van der Waals surface area (Å²) in [6.07, 6.45) is 1.59. The third kappa shape index (κ3) is 5.02. The van der Waals surface area contributed by atoms with E-state index in [9.17, 15) is 4.79 Å². The highest BCUT2D eigenvalue weighted by Crippen LogP contribution is 2.24. The lowest BCUT2D eigenvalue weighted by Gasteiger charge is -2.38. The largest absolute Gasteiger partial charge is 0.444 e. The van der Waals surface area contributed by atoms with Crippen molar-refractivity contribution < 1.29 is 9.53 Å². The molecular formula is C18H28N2O2. The number of hydrogen-bond acceptors (Lipinski definition) is 3. The number of benzene rings is 1. The van der Waals surface area contributed by atoms with E-state index >= 15 is 0 Å². The van der Waals surface area contributed by atoms with Crippen LogP contribution in [0.4, 0.5) is 4.79 Å². The van der Waals surface area contributed by atoms with Gasteiger partial charge in [0.25, 0.3) is 0 Å². The summed E-state index contributed by atoms with van der Waals surface area (Å²) >= 11 is 0. The Hall–Kier alpha value is -1.55. The fraction of sp³-hybridized carbons (Fsp3) is 0.611. The quantitative estimate of drug-likeness (QED) is 0.891. The molecule has 4 heteroatoms. The van der Waals surface area contributed by atoms with Gasteiger partial charge in [-0.3, -0.25) is 0 Å². The van der Waals surface area contributed by atoms with E-state index in [-0.39, 0.29) is 12.1 Å². The van der Waals surface area contributed by atoms with Crippen molar-refractivity contribution in [2.24, 2.45) is 0 Å². The topological polar surface area (TPSA) is 50.4 Å². The Morgan fingerprint density at radius 2 is 1.77 bits per heavy atom. The zero-order chi connectivity index (χ0) is 16.3. The minimum atomic E-state index is -0.439. The van der Waals surface area contributed by atoms with Crippen LogP contribution < -0.4 is 10.6 Å². The van der Waals surface area contributed by atoms with E-state index in [2.05, 4.69) is 48.7 Å². The van der Waals surface area contributed by atoms with Crippen LogP contribution in [0.15, 0.2) is 24.3 Å². The summed E-state index contributed by atoms with van der Waals surface area (Å²) in [6, 6.07) is 9.62. The van der Waals surface area contributed by atoms with Crippen molar-refractivity contribution >= 4 is 6.09 Å². The predicted molar refractivity (Wildman–Crippen MR) is 88.9 cm³/mol. The van der Waals surface area contributed by atoms with Gasteiger partial charge in [-0.15, -0.1) is 0 Å². The van der Waals surface area contributed by atoms with Crippen molar-refractivity contribution in [1.82, 2.24) is 10.6 Å². The lowest BCUT2D eigenvalue weighted by Crippen LogP contribution is -2.53. The van der Waals surface area contributed by atoms with E-state index in [4.69, 9.17) is 4.74 Å². The summed E-state index contributed by atoms with van der Waals surface area (Å²) in [5, 5.41) is 6.53. The monoisotopic (exact) mass is 304 g/mol. The average Bonchev–Trinajstić information content (AvgIpc) is 2.34. The molecule has 0 spiro atoms. The molecule has 1 amide bonds. The van der Waals surface area contributed by atoms with Crippen LogP contribution >= 0.6 is 0 Å². The number of ether oxygens (including phenoxy) is 1. The van der Waals surface area contributed by atoms with Gasteiger partial charge < -0.3 is 15.4 Å². The molecule has 1 saturated carbocycles. The molecule has 1 fully saturated rings. The van der Waals surface area contributed by atoms with Gasteiger partial charge >= 0.3 is 6.09 Å². The number of hydrogen-bond donors (Lipinski definition) is 2. The molecule has 1 aliphatic carbocycles. The molecular weight excluding hydrogens is 276 g/mol. The minimum Gasteiger partial charge on any atom is -0.444 e. The number of carbonyl (C=O) groups excluding carboxylic acids is 1. The summed E-state index contributed by atoms with van der Waals surface area (Å²) in [4.78, 5) is 11.7. The maximum atomic E-state index is 11.7. The molecule has 1 aromatic rings. The molecule has 2 N–H and O–H groups in total. The van der Waals surface area contributed by atoms with E-state index in [1.807, 2.05) is 20.8 Å². The second kappa shape index (κ2) is 6.69. The van der Waals surface area contributed by atoms with Crippen LogP contribution in [0.2, 0.25) is 0 Å². The Balaban J connectivity index is 1.71. The van der Waals surface area contributed by atoms with E-state index in [0.717, 1.165) is 12.8 Å². The highest BCUT2D eigenvalue weighted by atomic mass is 16.6. The fourth-order valence-electron chi connectivity index (χ4n) is 2.65. The summed E-state index contributed by atoms with van der Waals surface area (Å²) in [6.45, 7) is 9.91. The second-order valence-corrected chi connectivity index (χ2v) is 7.31. The van der Waals surface area contributed by atoms with Crippen LogP contribution in [0.25, 0.3) is 0 Å². The van der Waals surface area contributed by atoms with Crippen molar-refractivity contribution in [2.45, 2.75) is 71.2 Å². The van der Waals surface area contributed by atoms with Crippen LogP contribution in [-0.2, 0) is 4.74 Å². The molecule has 122 valence electrons. The maximum absolute atomic E-state index is 11.7. The first kappa shape index (κ1) is 16.8. The first-order chi connectivity index (χ1) is 10.2. The Morgan fingerprint density at radius 3 is 2.32 bits per heavy atom. The van der Waals surface area contributed by atoms with Gasteiger partial charge in [-0.25, -0.2) is 4.79 Å². The zero-order valence-electron chi connectivity index (χ0n) is 14.3. The van der Waals surface area contributed by atoms with Gasteiger partial charge in [-0.1, -0.05) is 29.8 Å². The number of nitrogens with one attached hydrogen (secondary N) is 2. The van der Waals surface area contributed by atoms with Gasteiger partial charge in [0, 0.05) is 18.1 Å². The normalized spacial score (nSPS) is 22.6. The molecule has 0 radical (unpaired) electrons. The SMILES string of the molecule is Cc1ccc(C(C)NC2CC(NC(=O)OC(C)(C)C)C2)cc1. The Morgan fingerprint density at radius 1 is 1.18 bits per heavy atom. The third-order valence-corrected chi connectivity index (χ3v) is 3.92. The Labute approximate surface area is 133 Å². The molecule has 0 aliphatic heterocycles. The van der Waals surface area contributed by atoms with Gasteiger partial charge in [0.05, 0.1) is 0 Å².